The molecule has 5 heteroatoms. The van der Waals surface area contributed by atoms with E-state index in [2.05, 4.69) is 23.3 Å². The van der Waals surface area contributed by atoms with Crippen molar-refractivity contribution in [1.82, 2.24) is 9.38 Å². The van der Waals surface area contributed by atoms with E-state index in [1.807, 2.05) is 28.8 Å². The Morgan fingerprint density at radius 1 is 0.960 bits per heavy atom. The van der Waals surface area contributed by atoms with Crippen molar-refractivity contribution >= 4 is 21.1 Å². The molecule has 2 heterocycles. The fourth-order valence-corrected chi connectivity index (χ4v) is 3.92. The standard InChI is InChI=1S/C20H20N2O2S/c1-25(23,24)18-10-7-16(8-11-18)19-14-22-13-17(9-12-20(22)21-19)15-5-3-2-4-6-15/h5,7-14H,2-4,6H2,1H3. The third kappa shape index (κ3) is 3.24. The number of aromatic nitrogens is 2. The second-order valence-corrected chi connectivity index (χ2v) is 8.60. The summed E-state index contributed by atoms with van der Waals surface area (Å²) in [6, 6.07) is 11.1. The summed E-state index contributed by atoms with van der Waals surface area (Å²) >= 11 is 0. The number of fused-ring (bicyclic) bond motifs is 1. The summed E-state index contributed by atoms with van der Waals surface area (Å²) in [5.74, 6) is 0. The van der Waals surface area contributed by atoms with Gasteiger partial charge in [0.15, 0.2) is 9.84 Å². The van der Waals surface area contributed by atoms with Crippen molar-refractivity contribution in [1.29, 1.82) is 0 Å². The Balaban J connectivity index is 1.70. The number of nitrogens with zero attached hydrogens (tertiary/aromatic N) is 2. The molecule has 2 aromatic heterocycles. The van der Waals surface area contributed by atoms with Gasteiger partial charge in [0.1, 0.15) is 5.65 Å². The minimum atomic E-state index is -3.18. The van der Waals surface area contributed by atoms with Crippen molar-refractivity contribution in [3.05, 3.63) is 60.4 Å². The SMILES string of the molecule is CS(=O)(=O)c1ccc(-c2cn3cc(C4=CCCCC4)ccc3n2)cc1. The van der Waals surface area contributed by atoms with Crippen LogP contribution >= 0.6 is 0 Å². The largest absolute Gasteiger partial charge is 0.306 e. The van der Waals surface area contributed by atoms with Crippen LogP contribution in [0.15, 0.2) is 59.8 Å². The van der Waals surface area contributed by atoms with Gasteiger partial charge in [-0.1, -0.05) is 18.2 Å². The number of hydrogen-bond acceptors (Lipinski definition) is 3. The van der Waals surface area contributed by atoms with E-state index in [0.717, 1.165) is 29.7 Å². The van der Waals surface area contributed by atoms with Crippen LogP contribution in [-0.4, -0.2) is 24.1 Å². The lowest BCUT2D eigenvalue weighted by Crippen LogP contribution is -1.96. The van der Waals surface area contributed by atoms with E-state index in [1.54, 1.807) is 12.1 Å². The molecule has 3 aromatic rings. The third-order valence-electron chi connectivity index (χ3n) is 4.69. The molecule has 1 aliphatic rings. The molecule has 0 fully saturated rings. The molecule has 0 atom stereocenters. The molecule has 0 radical (unpaired) electrons. The van der Waals surface area contributed by atoms with Gasteiger partial charge < -0.3 is 4.40 Å². The summed E-state index contributed by atoms with van der Waals surface area (Å²) in [7, 11) is -3.18. The maximum Gasteiger partial charge on any atom is 0.175 e. The minimum absolute atomic E-state index is 0.325. The normalized spacial score (nSPS) is 15.3. The van der Waals surface area contributed by atoms with Gasteiger partial charge in [0, 0.05) is 24.2 Å². The van der Waals surface area contributed by atoms with Gasteiger partial charge in [-0.3, -0.25) is 0 Å². The van der Waals surface area contributed by atoms with Crippen molar-refractivity contribution in [2.75, 3.05) is 6.26 Å². The first-order valence-corrected chi connectivity index (χ1v) is 10.4. The molecule has 1 aliphatic carbocycles. The molecule has 0 aliphatic heterocycles. The number of hydrogen-bond donors (Lipinski definition) is 0. The molecule has 0 spiro atoms. The van der Waals surface area contributed by atoms with Gasteiger partial charge in [-0.2, -0.15) is 0 Å². The lowest BCUT2D eigenvalue weighted by molar-refractivity contribution is 0.602. The van der Waals surface area contributed by atoms with Crippen molar-refractivity contribution < 1.29 is 8.42 Å². The van der Waals surface area contributed by atoms with Gasteiger partial charge in [-0.05, 0) is 61.1 Å². The van der Waals surface area contributed by atoms with Crippen molar-refractivity contribution in [3.8, 4) is 11.3 Å². The second-order valence-electron chi connectivity index (χ2n) is 6.58. The second kappa shape index (κ2) is 6.15. The number of allylic oxidation sites excluding steroid dienone is 2. The smallest absolute Gasteiger partial charge is 0.175 e. The molecule has 0 unspecified atom stereocenters. The average molecular weight is 352 g/mol. The molecular formula is C20H20N2O2S. The van der Waals surface area contributed by atoms with Crippen LogP contribution in [0.2, 0.25) is 0 Å². The first-order chi connectivity index (χ1) is 12.0. The van der Waals surface area contributed by atoms with E-state index < -0.39 is 9.84 Å². The summed E-state index contributed by atoms with van der Waals surface area (Å²) in [6.45, 7) is 0. The molecule has 4 nitrogen and oxygen atoms in total. The maximum absolute atomic E-state index is 11.6. The van der Waals surface area contributed by atoms with Gasteiger partial charge in [-0.25, -0.2) is 13.4 Å². The van der Waals surface area contributed by atoms with E-state index in [-0.39, 0.29) is 0 Å². The zero-order valence-electron chi connectivity index (χ0n) is 14.1. The Morgan fingerprint density at radius 3 is 2.40 bits per heavy atom. The van der Waals surface area contributed by atoms with E-state index in [4.69, 9.17) is 0 Å². The van der Waals surface area contributed by atoms with E-state index >= 15 is 0 Å². The number of imidazole rings is 1. The van der Waals surface area contributed by atoms with Gasteiger partial charge >= 0.3 is 0 Å². The molecule has 0 saturated carbocycles. The van der Waals surface area contributed by atoms with Crippen molar-refractivity contribution in [2.24, 2.45) is 0 Å². The molecule has 0 bridgehead atoms. The summed E-state index contributed by atoms with van der Waals surface area (Å²) in [4.78, 5) is 4.98. The van der Waals surface area contributed by atoms with Crippen LogP contribution < -0.4 is 0 Å². The summed E-state index contributed by atoms with van der Waals surface area (Å²) in [5, 5.41) is 0. The molecule has 0 saturated heterocycles. The highest BCUT2D eigenvalue weighted by Gasteiger charge is 2.11. The predicted molar refractivity (Wildman–Crippen MR) is 100 cm³/mol. The summed E-state index contributed by atoms with van der Waals surface area (Å²) in [6.07, 6.45) is 12.5. The maximum atomic E-state index is 11.6. The highest BCUT2D eigenvalue weighted by molar-refractivity contribution is 7.90. The van der Waals surface area contributed by atoms with Crippen molar-refractivity contribution in [2.45, 2.75) is 30.6 Å². The Kier molecular flexibility index (Phi) is 3.96. The van der Waals surface area contributed by atoms with Crippen LogP contribution in [0.25, 0.3) is 22.5 Å². The zero-order chi connectivity index (χ0) is 17.4. The van der Waals surface area contributed by atoms with Crippen LogP contribution in [0.1, 0.15) is 31.2 Å². The molecular weight excluding hydrogens is 332 g/mol. The number of pyridine rings is 1. The van der Waals surface area contributed by atoms with E-state index in [9.17, 15) is 8.42 Å². The van der Waals surface area contributed by atoms with E-state index in [1.165, 1.54) is 30.2 Å². The van der Waals surface area contributed by atoms with Crippen LogP contribution in [0, 0.1) is 0 Å². The molecule has 25 heavy (non-hydrogen) atoms. The van der Waals surface area contributed by atoms with Gasteiger partial charge in [0.25, 0.3) is 0 Å². The Morgan fingerprint density at radius 2 is 1.72 bits per heavy atom. The first kappa shape index (κ1) is 16.1. The lowest BCUT2D eigenvalue weighted by atomic mass is 9.95. The van der Waals surface area contributed by atoms with Crippen LogP contribution in [0.4, 0.5) is 0 Å². The topological polar surface area (TPSA) is 51.4 Å². The lowest BCUT2D eigenvalue weighted by Gasteiger charge is -2.12. The fraction of sp³-hybridized carbons (Fsp3) is 0.250. The molecule has 1 aromatic carbocycles. The van der Waals surface area contributed by atoms with Gasteiger partial charge in [0.2, 0.25) is 0 Å². The molecule has 128 valence electrons. The van der Waals surface area contributed by atoms with Crippen LogP contribution in [-0.2, 0) is 9.84 Å². The fourth-order valence-electron chi connectivity index (χ4n) is 3.29. The highest BCUT2D eigenvalue weighted by Crippen LogP contribution is 2.28. The van der Waals surface area contributed by atoms with Crippen molar-refractivity contribution in [3.63, 3.8) is 0 Å². The number of rotatable bonds is 3. The quantitative estimate of drug-likeness (QED) is 0.704. The zero-order valence-corrected chi connectivity index (χ0v) is 15.0. The molecule has 4 rings (SSSR count). The monoisotopic (exact) mass is 352 g/mol. The molecule has 0 amide bonds. The predicted octanol–water partition coefficient (Wildman–Crippen LogP) is 4.36. The summed E-state index contributed by atoms with van der Waals surface area (Å²) < 4.78 is 25.2. The Bertz CT molecular complexity index is 1060. The van der Waals surface area contributed by atoms with Crippen LogP contribution in [0.3, 0.4) is 0 Å². The van der Waals surface area contributed by atoms with Crippen LogP contribution in [0.5, 0.6) is 0 Å². The van der Waals surface area contributed by atoms with Gasteiger partial charge in [-0.15, -0.1) is 0 Å². The Labute approximate surface area is 147 Å². The minimum Gasteiger partial charge on any atom is -0.306 e. The molecule has 0 N–H and O–H groups in total. The highest BCUT2D eigenvalue weighted by atomic mass is 32.2. The average Bonchev–Trinajstić information content (AvgIpc) is 3.05. The van der Waals surface area contributed by atoms with Gasteiger partial charge in [0.05, 0.1) is 10.6 Å². The first-order valence-electron chi connectivity index (χ1n) is 8.49. The Hall–Kier alpha value is -2.40. The number of sulfone groups is 1. The van der Waals surface area contributed by atoms with E-state index in [0.29, 0.717) is 4.90 Å². The number of benzene rings is 1. The third-order valence-corrected chi connectivity index (χ3v) is 5.82. The summed E-state index contributed by atoms with van der Waals surface area (Å²) in [5.41, 5.74) is 5.32.